The van der Waals surface area contributed by atoms with E-state index in [4.69, 9.17) is 4.74 Å². The molecule has 2 aliphatic heterocycles. The number of nitrogens with zero attached hydrogens (tertiary/aromatic N) is 8. The molecule has 9 nitrogen and oxygen atoms in total. The number of rotatable bonds is 7. The van der Waals surface area contributed by atoms with Crippen molar-refractivity contribution in [2.75, 3.05) is 57.4 Å². The second kappa shape index (κ2) is 10.4. The first-order valence-electron chi connectivity index (χ1n) is 11.8. The molecule has 5 rings (SSSR count). The van der Waals surface area contributed by atoms with Crippen LogP contribution in [0.2, 0.25) is 0 Å². The molecule has 0 radical (unpaired) electrons. The third kappa shape index (κ3) is 5.21. The second-order valence-corrected chi connectivity index (χ2v) is 8.69. The Balaban J connectivity index is 1.32. The van der Waals surface area contributed by atoms with E-state index in [1.54, 1.807) is 12.4 Å². The van der Waals surface area contributed by atoms with Crippen molar-refractivity contribution in [3.8, 4) is 0 Å². The number of hydrogen-bond donors (Lipinski definition) is 0. The van der Waals surface area contributed by atoms with Gasteiger partial charge in [-0.25, -0.2) is 9.97 Å². The van der Waals surface area contributed by atoms with E-state index < -0.39 is 0 Å². The minimum atomic E-state index is 0.172. The Morgan fingerprint density at radius 1 is 0.788 bits per heavy atom. The Hall–Kier alpha value is -2.88. The van der Waals surface area contributed by atoms with Gasteiger partial charge in [0.2, 0.25) is 5.95 Å². The standard InChI is InChI=1S/C24H32N8O/c1-20(21-6-3-2-4-7-21)32-22(27-28-23(32)19-30-14-16-33-17-15-30)18-29-10-12-31(13-11-29)24-25-8-5-9-26-24/h2-9,20H,10-19H2,1H3/t20-/m0/s1. The van der Waals surface area contributed by atoms with Gasteiger partial charge in [-0.3, -0.25) is 9.80 Å². The van der Waals surface area contributed by atoms with E-state index in [0.717, 1.165) is 83.2 Å². The topological polar surface area (TPSA) is 75.4 Å². The number of aromatic nitrogens is 5. The Bertz CT molecular complexity index is 998. The summed E-state index contributed by atoms with van der Waals surface area (Å²) in [4.78, 5) is 15.9. The van der Waals surface area contributed by atoms with Crippen LogP contribution in [0.25, 0.3) is 0 Å². The number of anilines is 1. The molecule has 4 heterocycles. The van der Waals surface area contributed by atoms with Crippen LogP contribution in [-0.4, -0.2) is 87.0 Å². The largest absolute Gasteiger partial charge is 0.379 e. The summed E-state index contributed by atoms with van der Waals surface area (Å²) in [5.74, 6) is 2.87. The molecule has 0 spiro atoms. The van der Waals surface area contributed by atoms with E-state index in [2.05, 4.69) is 76.7 Å². The maximum Gasteiger partial charge on any atom is 0.225 e. The van der Waals surface area contributed by atoms with Crippen molar-refractivity contribution in [2.24, 2.45) is 0 Å². The van der Waals surface area contributed by atoms with Crippen LogP contribution in [-0.2, 0) is 17.8 Å². The Labute approximate surface area is 195 Å². The van der Waals surface area contributed by atoms with Gasteiger partial charge in [0, 0.05) is 51.7 Å². The molecule has 3 aromatic rings. The molecule has 1 atom stereocenters. The van der Waals surface area contributed by atoms with Crippen LogP contribution in [0.3, 0.4) is 0 Å². The van der Waals surface area contributed by atoms with Gasteiger partial charge < -0.3 is 14.2 Å². The van der Waals surface area contributed by atoms with Crippen molar-refractivity contribution < 1.29 is 4.74 Å². The average molecular weight is 449 g/mol. The first-order chi connectivity index (χ1) is 16.3. The van der Waals surface area contributed by atoms with Crippen molar-refractivity contribution in [2.45, 2.75) is 26.1 Å². The smallest absolute Gasteiger partial charge is 0.225 e. The molecule has 9 heteroatoms. The van der Waals surface area contributed by atoms with E-state index in [9.17, 15) is 0 Å². The highest BCUT2D eigenvalue weighted by Crippen LogP contribution is 2.23. The highest BCUT2D eigenvalue weighted by Gasteiger charge is 2.25. The summed E-state index contributed by atoms with van der Waals surface area (Å²) >= 11 is 0. The molecular formula is C24H32N8O. The maximum atomic E-state index is 5.53. The fraction of sp³-hybridized carbons (Fsp3) is 0.500. The molecule has 0 bridgehead atoms. The molecule has 1 aromatic carbocycles. The van der Waals surface area contributed by atoms with Gasteiger partial charge in [0.15, 0.2) is 0 Å². The van der Waals surface area contributed by atoms with E-state index >= 15 is 0 Å². The fourth-order valence-corrected chi connectivity index (χ4v) is 4.62. The fourth-order valence-electron chi connectivity index (χ4n) is 4.62. The summed E-state index contributed by atoms with van der Waals surface area (Å²) in [5.41, 5.74) is 1.27. The predicted octanol–water partition coefficient (Wildman–Crippen LogP) is 1.83. The molecule has 174 valence electrons. The molecule has 33 heavy (non-hydrogen) atoms. The number of benzene rings is 1. The van der Waals surface area contributed by atoms with Crippen LogP contribution in [0.5, 0.6) is 0 Å². The van der Waals surface area contributed by atoms with Crippen molar-refractivity contribution >= 4 is 5.95 Å². The zero-order valence-electron chi connectivity index (χ0n) is 19.3. The van der Waals surface area contributed by atoms with Crippen molar-refractivity contribution in [3.05, 3.63) is 66.0 Å². The lowest BCUT2D eigenvalue weighted by Crippen LogP contribution is -2.46. The zero-order chi connectivity index (χ0) is 22.5. The number of hydrogen-bond acceptors (Lipinski definition) is 8. The minimum Gasteiger partial charge on any atom is -0.379 e. The summed E-state index contributed by atoms with van der Waals surface area (Å²) in [6.07, 6.45) is 3.61. The van der Waals surface area contributed by atoms with Gasteiger partial charge >= 0.3 is 0 Å². The van der Waals surface area contributed by atoms with Gasteiger partial charge in [-0.2, -0.15) is 0 Å². The van der Waals surface area contributed by atoms with Crippen LogP contribution in [0, 0.1) is 0 Å². The number of piperazine rings is 1. The van der Waals surface area contributed by atoms with E-state index in [-0.39, 0.29) is 6.04 Å². The third-order valence-electron chi connectivity index (χ3n) is 6.55. The molecule has 0 saturated carbocycles. The zero-order valence-corrected chi connectivity index (χ0v) is 19.3. The molecule has 0 aliphatic carbocycles. The van der Waals surface area contributed by atoms with Gasteiger partial charge in [0.1, 0.15) is 11.6 Å². The lowest BCUT2D eigenvalue weighted by atomic mass is 10.1. The van der Waals surface area contributed by atoms with Crippen LogP contribution >= 0.6 is 0 Å². The highest BCUT2D eigenvalue weighted by molar-refractivity contribution is 5.29. The van der Waals surface area contributed by atoms with Crippen LogP contribution < -0.4 is 4.90 Å². The van der Waals surface area contributed by atoms with Gasteiger partial charge in [-0.15, -0.1) is 10.2 Å². The third-order valence-corrected chi connectivity index (χ3v) is 6.55. The first-order valence-corrected chi connectivity index (χ1v) is 11.8. The maximum absolute atomic E-state index is 5.53. The molecule has 2 aromatic heterocycles. The molecule has 2 aliphatic rings. The Kier molecular flexibility index (Phi) is 6.89. The lowest BCUT2D eigenvalue weighted by molar-refractivity contribution is 0.0324. The van der Waals surface area contributed by atoms with Crippen molar-refractivity contribution in [1.29, 1.82) is 0 Å². The van der Waals surface area contributed by atoms with Crippen LogP contribution in [0.4, 0.5) is 5.95 Å². The SMILES string of the molecule is C[C@@H](c1ccccc1)n1c(CN2CCOCC2)nnc1CN1CCN(c2ncccn2)CC1. The van der Waals surface area contributed by atoms with Gasteiger partial charge in [0.25, 0.3) is 0 Å². The molecule has 2 fully saturated rings. The normalized spacial score (nSPS) is 19.0. The molecule has 2 saturated heterocycles. The summed E-state index contributed by atoms with van der Waals surface area (Å²) in [7, 11) is 0. The van der Waals surface area contributed by atoms with Crippen LogP contribution in [0.15, 0.2) is 48.8 Å². The predicted molar refractivity (Wildman–Crippen MR) is 126 cm³/mol. The Morgan fingerprint density at radius 3 is 2.03 bits per heavy atom. The number of morpholine rings is 1. The second-order valence-electron chi connectivity index (χ2n) is 8.69. The summed E-state index contributed by atoms with van der Waals surface area (Å²) in [5, 5.41) is 9.33. The van der Waals surface area contributed by atoms with Crippen LogP contribution in [0.1, 0.15) is 30.2 Å². The summed E-state index contributed by atoms with van der Waals surface area (Å²) in [6.45, 7) is 11.0. The quantitative estimate of drug-likeness (QED) is 0.542. The van der Waals surface area contributed by atoms with Gasteiger partial charge in [0.05, 0.1) is 32.3 Å². The van der Waals surface area contributed by atoms with Gasteiger partial charge in [-0.05, 0) is 18.6 Å². The average Bonchev–Trinajstić information content (AvgIpc) is 3.27. The van der Waals surface area contributed by atoms with Crippen molar-refractivity contribution in [1.82, 2.24) is 34.5 Å². The van der Waals surface area contributed by atoms with Crippen molar-refractivity contribution in [3.63, 3.8) is 0 Å². The minimum absolute atomic E-state index is 0.172. The summed E-state index contributed by atoms with van der Waals surface area (Å²) < 4.78 is 7.87. The molecule has 0 N–H and O–H groups in total. The van der Waals surface area contributed by atoms with E-state index in [0.29, 0.717) is 0 Å². The highest BCUT2D eigenvalue weighted by atomic mass is 16.5. The molecule has 0 unspecified atom stereocenters. The number of ether oxygens (including phenoxy) is 1. The summed E-state index contributed by atoms with van der Waals surface area (Å²) in [6, 6.07) is 12.7. The molecular weight excluding hydrogens is 416 g/mol. The molecule has 0 amide bonds. The van der Waals surface area contributed by atoms with E-state index in [1.165, 1.54) is 5.56 Å². The van der Waals surface area contributed by atoms with Gasteiger partial charge in [-0.1, -0.05) is 30.3 Å². The lowest BCUT2D eigenvalue weighted by Gasteiger charge is -2.34. The first kappa shape index (κ1) is 21.9. The Morgan fingerprint density at radius 2 is 1.39 bits per heavy atom. The van der Waals surface area contributed by atoms with E-state index in [1.807, 2.05) is 6.07 Å². The monoisotopic (exact) mass is 448 g/mol.